The molecule has 2 rings (SSSR count). The highest BCUT2D eigenvalue weighted by Crippen LogP contribution is 2.22. The molecule has 1 aliphatic rings. The molecule has 2 unspecified atom stereocenters. The number of hydrogen-bond donors (Lipinski definition) is 1. The van der Waals surface area contributed by atoms with E-state index in [0.29, 0.717) is 5.92 Å². The molecule has 0 aromatic heterocycles. The van der Waals surface area contributed by atoms with Crippen LogP contribution < -0.4 is 5.73 Å². The summed E-state index contributed by atoms with van der Waals surface area (Å²) in [6, 6.07) is 10.3. The average Bonchev–Trinajstić information content (AvgIpc) is 2.48. The largest absolute Gasteiger partial charge is 0.341 e. The smallest absolute Gasteiger partial charge is 0.239 e. The van der Waals surface area contributed by atoms with E-state index in [0.717, 1.165) is 25.9 Å². The van der Waals surface area contributed by atoms with Crippen LogP contribution in [0.5, 0.6) is 0 Å². The van der Waals surface area contributed by atoms with Gasteiger partial charge in [-0.05, 0) is 50.5 Å². The minimum atomic E-state index is -0.363. The maximum atomic E-state index is 11.9. The van der Waals surface area contributed by atoms with Crippen LogP contribution in [0.15, 0.2) is 30.3 Å². The summed E-state index contributed by atoms with van der Waals surface area (Å²) in [6.07, 6.45) is 5.91. The lowest BCUT2D eigenvalue weighted by Crippen LogP contribution is -2.46. The third kappa shape index (κ3) is 4.34. The summed E-state index contributed by atoms with van der Waals surface area (Å²) in [4.78, 5) is 13.9. The van der Waals surface area contributed by atoms with Crippen LogP contribution in [0.4, 0.5) is 0 Å². The van der Waals surface area contributed by atoms with E-state index < -0.39 is 0 Å². The van der Waals surface area contributed by atoms with Crippen molar-refractivity contribution >= 4 is 5.91 Å². The van der Waals surface area contributed by atoms with Crippen molar-refractivity contribution in [3.8, 4) is 0 Å². The zero-order chi connectivity index (χ0) is 14.4. The molecule has 0 spiro atoms. The number of hydrogen-bond acceptors (Lipinski definition) is 2. The fourth-order valence-electron chi connectivity index (χ4n) is 3.03. The number of carbonyl (C=O) groups is 1. The van der Waals surface area contributed by atoms with E-state index >= 15 is 0 Å². The van der Waals surface area contributed by atoms with Crippen molar-refractivity contribution in [2.75, 3.05) is 13.1 Å². The zero-order valence-electron chi connectivity index (χ0n) is 12.4. The van der Waals surface area contributed by atoms with Crippen LogP contribution in [-0.4, -0.2) is 29.9 Å². The van der Waals surface area contributed by atoms with Gasteiger partial charge in [-0.2, -0.15) is 0 Å². The molecule has 2 N–H and O–H groups in total. The predicted octanol–water partition coefficient (Wildman–Crippen LogP) is 2.60. The lowest BCUT2D eigenvalue weighted by molar-refractivity contribution is -0.134. The summed E-state index contributed by atoms with van der Waals surface area (Å²) in [5.74, 6) is 0.757. The van der Waals surface area contributed by atoms with Crippen molar-refractivity contribution in [1.29, 1.82) is 0 Å². The predicted molar refractivity (Wildman–Crippen MR) is 82.3 cm³/mol. The van der Waals surface area contributed by atoms with Crippen molar-refractivity contribution < 1.29 is 4.79 Å². The van der Waals surface area contributed by atoms with Crippen molar-refractivity contribution in [2.24, 2.45) is 11.7 Å². The zero-order valence-corrected chi connectivity index (χ0v) is 12.4. The Hall–Kier alpha value is -1.35. The maximum absolute atomic E-state index is 11.9. The number of nitrogens with two attached hydrogens (primary N) is 1. The second-order valence-electron chi connectivity index (χ2n) is 5.96. The van der Waals surface area contributed by atoms with Gasteiger partial charge in [-0.1, -0.05) is 30.3 Å². The molecule has 20 heavy (non-hydrogen) atoms. The second kappa shape index (κ2) is 7.44. The number of rotatable bonds is 5. The molecule has 1 aliphatic heterocycles. The highest BCUT2D eigenvalue weighted by Gasteiger charge is 2.24. The van der Waals surface area contributed by atoms with Gasteiger partial charge in [0.1, 0.15) is 0 Å². The maximum Gasteiger partial charge on any atom is 0.239 e. The summed E-state index contributed by atoms with van der Waals surface area (Å²) in [5.41, 5.74) is 7.11. The van der Waals surface area contributed by atoms with Crippen LogP contribution >= 0.6 is 0 Å². The Kier molecular flexibility index (Phi) is 5.60. The van der Waals surface area contributed by atoms with E-state index in [1.165, 1.54) is 24.8 Å². The van der Waals surface area contributed by atoms with Crippen molar-refractivity contribution in [3.63, 3.8) is 0 Å². The van der Waals surface area contributed by atoms with E-state index in [4.69, 9.17) is 5.73 Å². The van der Waals surface area contributed by atoms with Crippen molar-refractivity contribution in [2.45, 2.75) is 45.1 Å². The quantitative estimate of drug-likeness (QED) is 0.897. The average molecular weight is 274 g/mol. The van der Waals surface area contributed by atoms with Crippen LogP contribution in [0.2, 0.25) is 0 Å². The summed E-state index contributed by atoms with van der Waals surface area (Å²) in [7, 11) is 0. The molecular weight excluding hydrogens is 248 g/mol. The first-order valence-corrected chi connectivity index (χ1v) is 7.75. The van der Waals surface area contributed by atoms with Gasteiger partial charge < -0.3 is 10.6 Å². The first kappa shape index (κ1) is 15.0. The topological polar surface area (TPSA) is 46.3 Å². The fourth-order valence-corrected chi connectivity index (χ4v) is 3.03. The number of benzene rings is 1. The normalized spacial score (nSPS) is 20.7. The summed E-state index contributed by atoms with van der Waals surface area (Å²) in [5, 5.41) is 0. The number of piperidine rings is 1. The molecule has 3 heteroatoms. The standard InChI is InChI=1S/C17H26N2O/c1-14(18)17(20)19-12-6-11-16(13-19)10-5-9-15-7-3-2-4-8-15/h2-4,7-8,14,16H,5-6,9-13,18H2,1H3. The SMILES string of the molecule is CC(N)C(=O)N1CCCC(CCCc2ccccc2)C1. The molecule has 0 aliphatic carbocycles. The summed E-state index contributed by atoms with van der Waals surface area (Å²) in [6.45, 7) is 3.56. The van der Waals surface area contributed by atoms with Gasteiger partial charge in [0.2, 0.25) is 5.91 Å². The summed E-state index contributed by atoms with van der Waals surface area (Å²) >= 11 is 0. The molecule has 0 bridgehead atoms. The van der Waals surface area contributed by atoms with E-state index in [1.807, 2.05) is 4.90 Å². The fraction of sp³-hybridized carbons (Fsp3) is 0.588. The van der Waals surface area contributed by atoms with Gasteiger partial charge >= 0.3 is 0 Å². The van der Waals surface area contributed by atoms with E-state index in [1.54, 1.807) is 6.92 Å². The molecule has 1 heterocycles. The third-order valence-electron chi connectivity index (χ3n) is 4.14. The Morgan fingerprint density at radius 2 is 2.15 bits per heavy atom. The highest BCUT2D eigenvalue weighted by atomic mass is 16.2. The van der Waals surface area contributed by atoms with Crippen LogP contribution in [-0.2, 0) is 11.2 Å². The number of amides is 1. The molecule has 1 aromatic carbocycles. The molecule has 0 radical (unpaired) electrons. The van der Waals surface area contributed by atoms with Crippen molar-refractivity contribution in [3.05, 3.63) is 35.9 Å². The number of likely N-dealkylation sites (tertiary alicyclic amines) is 1. The Balaban J connectivity index is 1.74. The van der Waals surface area contributed by atoms with E-state index in [-0.39, 0.29) is 11.9 Å². The molecule has 2 atom stereocenters. The van der Waals surface area contributed by atoms with Crippen molar-refractivity contribution in [1.82, 2.24) is 4.90 Å². The van der Waals surface area contributed by atoms with Gasteiger partial charge in [-0.15, -0.1) is 0 Å². The van der Waals surface area contributed by atoms with Gasteiger partial charge in [0.05, 0.1) is 6.04 Å². The number of aryl methyl sites for hydroxylation is 1. The molecule has 1 saturated heterocycles. The number of nitrogens with zero attached hydrogens (tertiary/aromatic N) is 1. The van der Waals surface area contributed by atoms with E-state index in [9.17, 15) is 4.79 Å². The van der Waals surface area contributed by atoms with Crippen LogP contribution in [0.3, 0.4) is 0 Å². The third-order valence-corrected chi connectivity index (χ3v) is 4.14. The van der Waals surface area contributed by atoms with E-state index in [2.05, 4.69) is 30.3 Å². The lowest BCUT2D eigenvalue weighted by Gasteiger charge is -2.33. The molecular formula is C17H26N2O. The Bertz CT molecular complexity index is 416. The Morgan fingerprint density at radius 3 is 2.85 bits per heavy atom. The van der Waals surface area contributed by atoms with Gasteiger partial charge in [0, 0.05) is 13.1 Å². The molecule has 0 saturated carbocycles. The van der Waals surface area contributed by atoms with Gasteiger partial charge in [0.25, 0.3) is 0 Å². The molecule has 1 aromatic rings. The summed E-state index contributed by atoms with van der Waals surface area (Å²) < 4.78 is 0. The monoisotopic (exact) mass is 274 g/mol. The van der Waals surface area contributed by atoms with Gasteiger partial charge in [-0.3, -0.25) is 4.79 Å². The molecule has 1 amide bonds. The molecule has 3 nitrogen and oxygen atoms in total. The number of carbonyl (C=O) groups excluding carboxylic acids is 1. The molecule has 1 fully saturated rings. The lowest BCUT2D eigenvalue weighted by atomic mass is 9.91. The van der Waals surface area contributed by atoms with Gasteiger partial charge in [-0.25, -0.2) is 0 Å². The Morgan fingerprint density at radius 1 is 1.40 bits per heavy atom. The van der Waals surface area contributed by atoms with Gasteiger partial charge in [0.15, 0.2) is 0 Å². The minimum Gasteiger partial charge on any atom is -0.341 e. The first-order valence-electron chi connectivity index (χ1n) is 7.75. The second-order valence-corrected chi connectivity index (χ2v) is 5.96. The minimum absolute atomic E-state index is 0.109. The first-order chi connectivity index (χ1) is 9.66. The van der Waals surface area contributed by atoms with Crippen LogP contribution in [0.1, 0.15) is 38.2 Å². The highest BCUT2D eigenvalue weighted by molar-refractivity contribution is 5.81. The van der Waals surface area contributed by atoms with Crippen LogP contribution in [0.25, 0.3) is 0 Å². The Labute approximate surface area is 122 Å². The van der Waals surface area contributed by atoms with Crippen LogP contribution in [0, 0.1) is 5.92 Å². The molecule has 110 valence electrons.